The lowest BCUT2D eigenvalue weighted by molar-refractivity contribution is 0.0711. The van der Waals surface area contributed by atoms with E-state index in [1.54, 1.807) is 47.4 Å². The number of nitrogens with one attached hydrogen (secondary N) is 1. The molecule has 3 rings (SSSR count). The summed E-state index contributed by atoms with van der Waals surface area (Å²) in [7, 11) is -3.52. The van der Waals surface area contributed by atoms with E-state index in [1.807, 2.05) is 12.1 Å². The van der Waals surface area contributed by atoms with Gasteiger partial charge in [-0.1, -0.05) is 40.2 Å². The van der Waals surface area contributed by atoms with Crippen molar-refractivity contribution in [1.29, 1.82) is 0 Å². The van der Waals surface area contributed by atoms with E-state index in [2.05, 4.69) is 20.7 Å². The van der Waals surface area contributed by atoms with Crippen molar-refractivity contribution in [3.63, 3.8) is 0 Å². The maximum Gasteiger partial charge on any atom is 0.253 e. The molecule has 0 atom stereocenters. The van der Waals surface area contributed by atoms with E-state index in [4.69, 9.17) is 0 Å². The summed E-state index contributed by atoms with van der Waals surface area (Å²) in [6.07, 6.45) is 1.21. The van der Waals surface area contributed by atoms with Crippen LogP contribution in [0.5, 0.6) is 0 Å². The van der Waals surface area contributed by atoms with Gasteiger partial charge in [0.1, 0.15) is 0 Å². The lowest BCUT2D eigenvalue weighted by Gasteiger charge is -2.32. The Morgan fingerprint density at radius 3 is 2.36 bits per heavy atom. The Bertz CT molecular complexity index is 848. The standard InChI is InChI=1S/C18H19BrN2O3S/c19-15-6-4-5-14(13-15)18(22)21-11-9-16(10-12-21)20-25(23,24)17-7-2-1-3-8-17/h1-8,13,16,20H,9-12H2. The molecule has 1 N–H and O–H groups in total. The van der Waals surface area contributed by atoms with E-state index in [-0.39, 0.29) is 16.8 Å². The molecule has 1 heterocycles. The highest BCUT2D eigenvalue weighted by Gasteiger charge is 2.27. The quantitative estimate of drug-likeness (QED) is 0.822. The molecule has 25 heavy (non-hydrogen) atoms. The Morgan fingerprint density at radius 2 is 1.72 bits per heavy atom. The first kappa shape index (κ1) is 18.1. The number of carbonyl (C=O) groups excluding carboxylic acids is 1. The number of rotatable bonds is 4. The van der Waals surface area contributed by atoms with Gasteiger partial charge in [-0.25, -0.2) is 13.1 Å². The van der Waals surface area contributed by atoms with E-state index in [0.717, 1.165) is 4.47 Å². The molecule has 0 spiro atoms. The van der Waals surface area contributed by atoms with Gasteiger partial charge in [0.25, 0.3) is 5.91 Å². The molecule has 7 heteroatoms. The number of piperidine rings is 1. The van der Waals surface area contributed by atoms with Crippen molar-refractivity contribution >= 4 is 31.9 Å². The van der Waals surface area contributed by atoms with Gasteiger partial charge >= 0.3 is 0 Å². The summed E-state index contributed by atoms with van der Waals surface area (Å²) < 4.78 is 28.4. The van der Waals surface area contributed by atoms with Crippen LogP contribution in [-0.4, -0.2) is 38.4 Å². The van der Waals surface area contributed by atoms with Crippen molar-refractivity contribution in [2.24, 2.45) is 0 Å². The van der Waals surface area contributed by atoms with Crippen LogP contribution >= 0.6 is 15.9 Å². The van der Waals surface area contributed by atoms with Crippen molar-refractivity contribution < 1.29 is 13.2 Å². The van der Waals surface area contributed by atoms with E-state index in [9.17, 15) is 13.2 Å². The summed E-state index contributed by atoms with van der Waals surface area (Å²) in [5.74, 6) is -0.0225. The minimum absolute atomic E-state index is 0.0225. The van der Waals surface area contributed by atoms with Gasteiger partial charge in [0.15, 0.2) is 0 Å². The maximum absolute atomic E-state index is 12.5. The highest BCUT2D eigenvalue weighted by molar-refractivity contribution is 9.10. The number of benzene rings is 2. The summed E-state index contributed by atoms with van der Waals surface area (Å²) >= 11 is 3.37. The first-order valence-corrected chi connectivity index (χ1v) is 10.4. The molecular weight excluding hydrogens is 404 g/mol. The van der Waals surface area contributed by atoms with Crippen LogP contribution in [0, 0.1) is 0 Å². The molecule has 0 saturated carbocycles. The van der Waals surface area contributed by atoms with Crippen molar-refractivity contribution in [1.82, 2.24) is 9.62 Å². The SMILES string of the molecule is O=C(c1cccc(Br)c1)N1CCC(NS(=O)(=O)c2ccccc2)CC1. The molecule has 1 fully saturated rings. The second kappa shape index (κ2) is 7.68. The molecule has 132 valence electrons. The van der Waals surface area contributed by atoms with Crippen LogP contribution in [0.3, 0.4) is 0 Å². The van der Waals surface area contributed by atoms with Crippen LogP contribution in [0.2, 0.25) is 0 Å². The number of halogens is 1. The fraction of sp³-hybridized carbons (Fsp3) is 0.278. The normalized spacial score (nSPS) is 16.0. The van der Waals surface area contributed by atoms with Crippen LogP contribution < -0.4 is 4.72 Å². The molecule has 0 aromatic heterocycles. The highest BCUT2D eigenvalue weighted by Crippen LogP contribution is 2.18. The monoisotopic (exact) mass is 422 g/mol. The second-order valence-electron chi connectivity index (χ2n) is 6.01. The summed E-state index contributed by atoms with van der Waals surface area (Å²) in [5.41, 5.74) is 0.637. The lowest BCUT2D eigenvalue weighted by Crippen LogP contribution is -2.46. The molecule has 2 aromatic carbocycles. The number of amides is 1. The van der Waals surface area contributed by atoms with Crippen LogP contribution in [0.15, 0.2) is 64.0 Å². The van der Waals surface area contributed by atoms with Crippen molar-refractivity contribution in [3.8, 4) is 0 Å². The molecule has 1 saturated heterocycles. The molecule has 1 amide bonds. The Labute approximate surface area is 156 Å². The largest absolute Gasteiger partial charge is 0.339 e. The van der Waals surface area contributed by atoms with E-state index < -0.39 is 10.0 Å². The van der Waals surface area contributed by atoms with Gasteiger partial charge in [-0.15, -0.1) is 0 Å². The Balaban J connectivity index is 1.60. The average Bonchev–Trinajstić information content (AvgIpc) is 2.62. The van der Waals surface area contributed by atoms with Crippen molar-refractivity contribution in [2.45, 2.75) is 23.8 Å². The van der Waals surface area contributed by atoms with Gasteiger partial charge < -0.3 is 4.90 Å². The minimum Gasteiger partial charge on any atom is -0.339 e. The van der Waals surface area contributed by atoms with Gasteiger partial charge in [-0.05, 0) is 43.2 Å². The number of likely N-dealkylation sites (tertiary alicyclic amines) is 1. The first-order chi connectivity index (χ1) is 12.0. The first-order valence-electron chi connectivity index (χ1n) is 8.08. The zero-order valence-corrected chi connectivity index (χ0v) is 16.0. The fourth-order valence-corrected chi connectivity index (χ4v) is 4.62. The summed E-state index contributed by atoms with van der Waals surface area (Å²) in [5, 5.41) is 0. The number of hydrogen-bond donors (Lipinski definition) is 1. The third-order valence-corrected chi connectivity index (χ3v) is 6.26. The van der Waals surface area contributed by atoms with E-state index >= 15 is 0 Å². The van der Waals surface area contributed by atoms with Gasteiger partial charge in [0.2, 0.25) is 10.0 Å². The van der Waals surface area contributed by atoms with Crippen LogP contribution in [0.1, 0.15) is 23.2 Å². The van der Waals surface area contributed by atoms with Gasteiger partial charge in [0.05, 0.1) is 4.90 Å². The summed E-state index contributed by atoms with van der Waals surface area (Å²) in [6, 6.07) is 15.5. The lowest BCUT2D eigenvalue weighted by atomic mass is 10.0. The van der Waals surface area contributed by atoms with E-state index in [0.29, 0.717) is 31.5 Å². The van der Waals surface area contributed by atoms with Crippen LogP contribution in [0.25, 0.3) is 0 Å². The molecule has 0 unspecified atom stereocenters. The van der Waals surface area contributed by atoms with Gasteiger partial charge in [0, 0.05) is 29.2 Å². The minimum atomic E-state index is -3.52. The van der Waals surface area contributed by atoms with Gasteiger partial charge in [-0.2, -0.15) is 0 Å². The Kier molecular flexibility index (Phi) is 5.56. The Hall–Kier alpha value is -1.70. The molecule has 1 aliphatic heterocycles. The molecule has 1 aliphatic rings. The molecule has 0 radical (unpaired) electrons. The average molecular weight is 423 g/mol. The van der Waals surface area contributed by atoms with Gasteiger partial charge in [-0.3, -0.25) is 4.79 Å². The number of carbonyl (C=O) groups is 1. The molecular formula is C18H19BrN2O3S. The number of sulfonamides is 1. The van der Waals surface area contributed by atoms with Crippen LogP contribution in [0.4, 0.5) is 0 Å². The zero-order chi connectivity index (χ0) is 17.9. The topological polar surface area (TPSA) is 66.5 Å². The maximum atomic E-state index is 12.5. The second-order valence-corrected chi connectivity index (χ2v) is 8.64. The summed E-state index contributed by atoms with van der Waals surface area (Å²) in [4.78, 5) is 14.6. The summed E-state index contributed by atoms with van der Waals surface area (Å²) in [6.45, 7) is 1.07. The number of hydrogen-bond acceptors (Lipinski definition) is 3. The van der Waals surface area contributed by atoms with Crippen molar-refractivity contribution in [3.05, 3.63) is 64.6 Å². The Morgan fingerprint density at radius 1 is 1.04 bits per heavy atom. The van der Waals surface area contributed by atoms with E-state index in [1.165, 1.54) is 0 Å². The van der Waals surface area contributed by atoms with Crippen LogP contribution in [-0.2, 0) is 10.0 Å². The highest BCUT2D eigenvalue weighted by atomic mass is 79.9. The molecule has 5 nitrogen and oxygen atoms in total. The number of nitrogens with zero attached hydrogens (tertiary/aromatic N) is 1. The van der Waals surface area contributed by atoms with Crippen molar-refractivity contribution in [2.75, 3.05) is 13.1 Å². The molecule has 0 bridgehead atoms. The smallest absolute Gasteiger partial charge is 0.253 e. The predicted molar refractivity (Wildman–Crippen MR) is 99.8 cm³/mol. The third kappa shape index (κ3) is 4.48. The molecule has 2 aromatic rings. The predicted octanol–water partition coefficient (Wildman–Crippen LogP) is 3.03. The fourth-order valence-electron chi connectivity index (χ4n) is 2.89. The third-order valence-electron chi connectivity index (χ3n) is 4.23. The molecule has 0 aliphatic carbocycles. The zero-order valence-electron chi connectivity index (χ0n) is 13.6.